The number of rotatable bonds is 24. The van der Waals surface area contributed by atoms with Gasteiger partial charge in [-0.15, -0.1) is 106 Å². The van der Waals surface area contributed by atoms with Crippen LogP contribution in [0, 0.1) is 0 Å². The number of benzene rings is 6. The predicted octanol–water partition coefficient (Wildman–Crippen LogP) is 18.8. The Balaban J connectivity index is 0.865. The fourth-order valence-corrected chi connectivity index (χ4v) is 25.1. The Morgan fingerprint density at radius 1 is 0.233 bits per heavy atom. The van der Waals surface area contributed by atoms with Crippen molar-refractivity contribution in [3.63, 3.8) is 0 Å². The molecule has 6 aromatic carbocycles. The molecule has 0 saturated carbocycles. The molecule has 0 aliphatic heterocycles. The van der Waals surface area contributed by atoms with Gasteiger partial charge in [0, 0.05) is 102 Å². The number of hydrogen-bond acceptors (Lipinski definition) is 9. The molecule has 0 saturated heterocycles. The fourth-order valence-electron chi connectivity index (χ4n) is 8.96. The standard InChI is InChI=1S/C58H52N6S9/c1-7-19-49-37(13-1)25-43(59-49)31-65-55(66-32-44-26-38-14-2-8-20-50(38)60-44)71-58(72-56(67-33-45-27-39-15-3-9-21-51(39)61-45)68-34-46-28-40-16-4-10-22-52(40)62-46)73-57(69-35-47-29-41-17-5-11-23-53(41)63-47)70-36-48-30-42-18-6-12-24-54(42)64-48/h1-30,55-64H,31-36H2. The summed E-state index contributed by atoms with van der Waals surface area (Å²) in [5, 5.41) is 7.59. The molecule has 6 aromatic heterocycles. The van der Waals surface area contributed by atoms with Gasteiger partial charge in [0.25, 0.3) is 0 Å². The van der Waals surface area contributed by atoms with Gasteiger partial charge in [0.05, 0.1) is 11.7 Å². The monoisotopic (exact) mass is 1120 g/mol. The van der Waals surface area contributed by atoms with E-state index >= 15 is 0 Å². The highest BCUT2D eigenvalue weighted by Crippen LogP contribution is 2.55. The minimum Gasteiger partial charge on any atom is -0.358 e. The third-order valence-corrected chi connectivity index (χ3v) is 27.2. The quantitative estimate of drug-likeness (QED) is 0.0331. The Bertz CT molecular complexity index is 2920. The van der Waals surface area contributed by atoms with Gasteiger partial charge in [0.2, 0.25) is 0 Å². The Kier molecular flexibility index (Phi) is 16.1. The van der Waals surface area contributed by atoms with E-state index < -0.39 is 0 Å². The zero-order chi connectivity index (χ0) is 48.8. The van der Waals surface area contributed by atoms with E-state index in [2.05, 4.69) is 318 Å². The maximum Gasteiger partial charge on any atom is 0.101 e. The molecule has 12 rings (SSSR count). The van der Waals surface area contributed by atoms with Gasteiger partial charge >= 0.3 is 0 Å². The van der Waals surface area contributed by atoms with Crippen molar-refractivity contribution in [2.75, 3.05) is 0 Å². The van der Waals surface area contributed by atoms with Gasteiger partial charge in [-0.05, 0) is 105 Å². The number of fused-ring (bicyclic) bond motifs is 6. The molecule has 6 heterocycles. The molecule has 368 valence electrons. The molecule has 0 atom stereocenters. The summed E-state index contributed by atoms with van der Waals surface area (Å²) in [6, 6.07) is 65.9. The summed E-state index contributed by atoms with van der Waals surface area (Å²) in [5.74, 6) is 5.39. The number of aromatic nitrogens is 6. The second-order valence-corrected chi connectivity index (χ2v) is 31.5. The number of aromatic amines is 6. The van der Waals surface area contributed by atoms with Gasteiger partial charge in [-0.25, -0.2) is 0 Å². The number of thioether (sulfide) groups is 9. The van der Waals surface area contributed by atoms with Crippen LogP contribution in [0.1, 0.15) is 34.2 Å². The maximum absolute atomic E-state index is 3.75. The zero-order valence-electron chi connectivity index (χ0n) is 39.5. The van der Waals surface area contributed by atoms with E-state index in [1.54, 1.807) is 0 Å². The molecule has 0 amide bonds. The largest absolute Gasteiger partial charge is 0.358 e. The summed E-state index contributed by atoms with van der Waals surface area (Å²) in [6.07, 6.45) is 0. The van der Waals surface area contributed by atoms with Crippen molar-refractivity contribution in [2.24, 2.45) is 0 Å². The lowest BCUT2D eigenvalue weighted by Gasteiger charge is -2.28. The van der Waals surface area contributed by atoms with Crippen LogP contribution in [0.3, 0.4) is 0 Å². The summed E-state index contributed by atoms with van der Waals surface area (Å²) in [4.78, 5) is 22.5. The molecule has 0 aliphatic rings. The first-order valence-corrected chi connectivity index (χ1v) is 33.2. The van der Waals surface area contributed by atoms with Crippen molar-refractivity contribution in [1.82, 2.24) is 29.9 Å². The van der Waals surface area contributed by atoms with Crippen molar-refractivity contribution < 1.29 is 0 Å². The van der Waals surface area contributed by atoms with Crippen LogP contribution in [-0.4, -0.2) is 45.6 Å². The lowest BCUT2D eigenvalue weighted by molar-refractivity contribution is 1.26. The molecule has 15 heteroatoms. The summed E-state index contributed by atoms with van der Waals surface area (Å²) >= 11 is 18.8. The van der Waals surface area contributed by atoms with Crippen LogP contribution in [0.25, 0.3) is 65.4 Å². The van der Waals surface area contributed by atoms with E-state index in [0.717, 1.165) is 34.5 Å². The third kappa shape index (κ3) is 12.7. The zero-order valence-corrected chi connectivity index (χ0v) is 46.9. The molecule has 12 aromatic rings. The average Bonchev–Trinajstić information content (AvgIpc) is 4.29. The lowest BCUT2D eigenvalue weighted by Crippen LogP contribution is -2.09. The molecule has 0 aliphatic carbocycles. The van der Waals surface area contributed by atoms with Crippen LogP contribution in [0.5, 0.6) is 0 Å². The topological polar surface area (TPSA) is 94.7 Å². The molecule has 0 radical (unpaired) electrons. The minimum absolute atomic E-state index is 0.210. The highest BCUT2D eigenvalue weighted by atomic mass is 32.3. The minimum atomic E-state index is 0.210. The van der Waals surface area contributed by atoms with Gasteiger partial charge < -0.3 is 29.9 Å². The van der Waals surface area contributed by atoms with E-state index in [1.165, 1.54) is 99.6 Å². The first-order chi connectivity index (χ1) is 36.0. The van der Waals surface area contributed by atoms with Gasteiger partial charge in [-0.1, -0.05) is 109 Å². The smallest absolute Gasteiger partial charge is 0.101 e. The van der Waals surface area contributed by atoms with Gasteiger partial charge in [-0.2, -0.15) is 0 Å². The predicted molar refractivity (Wildman–Crippen MR) is 335 cm³/mol. The summed E-state index contributed by atoms with van der Waals surface area (Å²) in [5.41, 5.74) is 14.8. The highest BCUT2D eigenvalue weighted by molar-refractivity contribution is 8.47. The number of para-hydroxylation sites is 6. The Morgan fingerprint density at radius 2 is 0.411 bits per heavy atom. The normalized spacial score (nSPS) is 12.3. The molecule has 0 spiro atoms. The van der Waals surface area contributed by atoms with E-state index in [0.29, 0.717) is 0 Å². The van der Waals surface area contributed by atoms with Crippen LogP contribution < -0.4 is 0 Å². The molecular weight excluding hydrogens is 1070 g/mol. The molecule has 6 N–H and O–H groups in total. The molecule has 0 bridgehead atoms. The van der Waals surface area contributed by atoms with Gasteiger partial charge in [0.1, 0.15) is 3.91 Å². The van der Waals surface area contributed by atoms with E-state index in [4.69, 9.17) is 0 Å². The number of nitrogens with one attached hydrogen (secondary N) is 6. The third-order valence-electron chi connectivity index (χ3n) is 12.4. The Morgan fingerprint density at radius 3 is 0.589 bits per heavy atom. The van der Waals surface area contributed by atoms with E-state index in [-0.39, 0.29) is 15.7 Å². The van der Waals surface area contributed by atoms with E-state index in [9.17, 15) is 0 Å². The SMILES string of the molecule is c1ccc2[nH]c(CSC(SCc3cc4ccccc4[nH]3)SC(SC(SCc3cc4ccccc4[nH]3)SCc3cc4ccccc4[nH]3)SC(SCc3cc4ccccc4[nH]3)SCc3cc4ccccc4[nH]3)cc2c1. The van der Waals surface area contributed by atoms with Gasteiger partial charge in [-0.3, -0.25) is 0 Å². The molecular formula is C58H52N6S9. The van der Waals surface area contributed by atoms with E-state index in [1.807, 2.05) is 0 Å². The van der Waals surface area contributed by atoms with Crippen LogP contribution in [-0.2, 0) is 34.5 Å². The van der Waals surface area contributed by atoms with Crippen LogP contribution in [0.4, 0.5) is 0 Å². The van der Waals surface area contributed by atoms with Crippen LogP contribution in [0.2, 0.25) is 0 Å². The summed E-state index contributed by atoms with van der Waals surface area (Å²) < 4.78 is 0.957. The number of hydrogen-bond donors (Lipinski definition) is 6. The Labute approximate surface area is 463 Å². The lowest BCUT2D eigenvalue weighted by atomic mass is 10.2. The second-order valence-electron chi connectivity index (χ2n) is 17.7. The number of H-pyrrole nitrogens is 6. The van der Waals surface area contributed by atoms with Crippen molar-refractivity contribution in [3.8, 4) is 0 Å². The maximum atomic E-state index is 3.75. The second kappa shape index (κ2) is 23.7. The molecule has 0 fully saturated rings. The van der Waals surface area contributed by atoms with Crippen LogP contribution in [0.15, 0.2) is 182 Å². The molecule has 0 unspecified atom stereocenters. The Hall–Kier alpha value is -4.29. The fraction of sp³-hybridized carbons (Fsp3) is 0.172. The van der Waals surface area contributed by atoms with Crippen molar-refractivity contribution >= 4 is 171 Å². The first-order valence-electron chi connectivity index (χ1n) is 24.1. The first kappa shape index (κ1) is 49.6. The van der Waals surface area contributed by atoms with Crippen molar-refractivity contribution in [2.45, 2.75) is 50.2 Å². The van der Waals surface area contributed by atoms with Gasteiger partial charge in [0.15, 0.2) is 0 Å². The summed E-state index contributed by atoms with van der Waals surface area (Å²) in [7, 11) is 0. The molecule has 6 nitrogen and oxygen atoms in total. The highest BCUT2D eigenvalue weighted by Gasteiger charge is 2.29. The van der Waals surface area contributed by atoms with Crippen LogP contribution >= 0.6 is 106 Å². The van der Waals surface area contributed by atoms with Crippen molar-refractivity contribution in [1.29, 1.82) is 0 Å². The average molecular weight is 1120 g/mol. The summed E-state index contributed by atoms with van der Waals surface area (Å²) in [6.45, 7) is 0. The van der Waals surface area contributed by atoms with Crippen molar-refractivity contribution in [3.05, 3.63) is 216 Å². The molecule has 73 heavy (non-hydrogen) atoms.